The fraction of sp³-hybridized carbons (Fsp3) is 1.00. The largest absolute Gasteiger partial charge is 0.378 e. The van der Waals surface area contributed by atoms with Crippen LogP contribution in [0.4, 0.5) is 0 Å². The number of halogens is 1. The molecule has 0 spiro atoms. The van der Waals surface area contributed by atoms with Gasteiger partial charge < -0.3 is 4.74 Å². The lowest BCUT2D eigenvalue weighted by Crippen LogP contribution is -2.20. The molecular weight excluding hydrogens is 240 g/mol. The van der Waals surface area contributed by atoms with Crippen molar-refractivity contribution in [2.75, 3.05) is 6.61 Å². The zero-order chi connectivity index (χ0) is 10.6. The van der Waals surface area contributed by atoms with E-state index < -0.39 is 0 Å². The van der Waals surface area contributed by atoms with Gasteiger partial charge in [0.05, 0.1) is 6.10 Å². The maximum atomic E-state index is 5.65. The van der Waals surface area contributed by atoms with Crippen molar-refractivity contribution >= 4 is 15.9 Å². The van der Waals surface area contributed by atoms with E-state index in [2.05, 4.69) is 36.7 Å². The Kier molecular flexibility index (Phi) is 5.47. The average molecular weight is 263 g/mol. The fourth-order valence-corrected chi connectivity index (χ4v) is 3.22. The van der Waals surface area contributed by atoms with Crippen molar-refractivity contribution in [3.63, 3.8) is 0 Å². The van der Waals surface area contributed by atoms with Gasteiger partial charge in [-0.3, -0.25) is 0 Å². The molecule has 0 radical (unpaired) electrons. The molecule has 3 unspecified atom stereocenters. The molecule has 1 aliphatic rings. The quantitative estimate of drug-likeness (QED) is 0.681. The third-order valence-electron chi connectivity index (χ3n) is 3.29. The highest BCUT2D eigenvalue weighted by molar-refractivity contribution is 9.09. The molecule has 1 heterocycles. The molecule has 14 heavy (non-hydrogen) atoms. The smallest absolute Gasteiger partial charge is 0.0576 e. The lowest BCUT2D eigenvalue weighted by atomic mass is 9.87. The van der Waals surface area contributed by atoms with Crippen LogP contribution in [0.2, 0.25) is 0 Å². The lowest BCUT2D eigenvalue weighted by Gasteiger charge is -2.24. The molecule has 0 bridgehead atoms. The minimum atomic E-state index is 0.558. The van der Waals surface area contributed by atoms with E-state index in [0.29, 0.717) is 10.9 Å². The van der Waals surface area contributed by atoms with E-state index in [-0.39, 0.29) is 0 Å². The molecule has 0 aliphatic carbocycles. The van der Waals surface area contributed by atoms with Crippen molar-refractivity contribution in [1.82, 2.24) is 0 Å². The van der Waals surface area contributed by atoms with Crippen LogP contribution in [-0.4, -0.2) is 17.5 Å². The van der Waals surface area contributed by atoms with E-state index in [4.69, 9.17) is 4.74 Å². The fourth-order valence-electron chi connectivity index (χ4n) is 2.34. The van der Waals surface area contributed by atoms with Gasteiger partial charge in [0.25, 0.3) is 0 Å². The minimum absolute atomic E-state index is 0.558. The van der Waals surface area contributed by atoms with Crippen molar-refractivity contribution in [3.05, 3.63) is 0 Å². The summed E-state index contributed by atoms with van der Waals surface area (Å²) in [5.74, 6) is 1.56. The zero-order valence-electron chi connectivity index (χ0n) is 9.63. The normalized spacial score (nSPS) is 26.8. The molecule has 0 N–H and O–H groups in total. The summed E-state index contributed by atoms with van der Waals surface area (Å²) in [6.07, 6.45) is 5.65. The van der Waals surface area contributed by atoms with Crippen LogP contribution < -0.4 is 0 Å². The van der Waals surface area contributed by atoms with Gasteiger partial charge in [-0.05, 0) is 37.5 Å². The Balaban J connectivity index is 2.25. The van der Waals surface area contributed by atoms with Gasteiger partial charge in [-0.1, -0.05) is 36.7 Å². The summed E-state index contributed by atoms with van der Waals surface area (Å²) in [7, 11) is 0. The monoisotopic (exact) mass is 262 g/mol. The maximum Gasteiger partial charge on any atom is 0.0576 e. The van der Waals surface area contributed by atoms with Crippen LogP contribution in [0, 0.1) is 11.8 Å². The predicted molar refractivity (Wildman–Crippen MR) is 64.9 cm³/mol. The summed E-state index contributed by atoms with van der Waals surface area (Å²) in [5, 5.41) is 0. The average Bonchev–Trinajstić information content (AvgIpc) is 2.55. The summed E-state index contributed by atoms with van der Waals surface area (Å²) in [5.41, 5.74) is 0. The number of rotatable bonds is 5. The Morgan fingerprint density at radius 1 is 1.36 bits per heavy atom. The van der Waals surface area contributed by atoms with Gasteiger partial charge in [0.15, 0.2) is 0 Å². The van der Waals surface area contributed by atoms with Crippen molar-refractivity contribution in [2.45, 2.75) is 57.4 Å². The molecule has 1 saturated heterocycles. The molecule has 0 aromatic heterocycles. The van der Waals surface area contributed by atoms with Crippen LogP contribution in [0.15, 0.2) is 0 Å². The van der Waals surface area contributed by atoms with Crippen molar-refractivity contribution in [3.8, 4) is 0 Å². The molecule has 0 aromatic carbocycles. The third kappa shape index (κ3) is 3.90. The van der Waals surface area contributed by atoms with Gasteiger partial charge in [-0.25, -0.2) is 0 Å². The molecule has 0 amide bonds. The van der Waals surface area contributed by atoms with E-state index in [1.54, 1.807) is 0 Å². The van der Waals surface area contributed by atoms with Gasteiger partial charge in [-0.2, -0.15) is 0 Å². The molecule has 0 saturated carbocycles. The zero-order valence-corrected chi connectivity index (χ0v) is 11.2. The third-order valence-corrected chi connectivity index (χ3v) is 3.97. The van der Waals surface area contributed by atoms with Crippen LogP contribution >= 0.6 is 15.9 Å². The van der Waals surface area contributed by atoms with E-state index in [9.17, 15) is 0 Å². The van der Waals surface area contributed by atoms with Crippen LogP contribution in [0.3, 0.4) is 0 Å². The molecule has 1 rings (SSSR count). The second-order valence-corrected chi connectivity index (χ2v) is 6.24. The molecule has 3 atom stereocenters. The summed E-state index contributed by atoms with van der Waals surface area (Å²) < 4.78 is 5.65. The Morgan fingerprint density at radius 2 is 2.07 bits per heavy atom. The molecule has 2 heteroatoms. The number of hydrogen-bond acceptors (Lipinski definition) is 1. The summed E-state index contributed by atoms with van der Waals surface area (Å²) in [6, 6.07) is 0. The second kappa shape index (κ2) is 6.12. The van der Waals surface area contributed by atoms with Crippen molar-refractivity contribution in [1.29, 1.82) is 0 Å². The number of hydrogen-bond donors (Lipinski definition) is 0. The van der Waals surface area contributed by atoms with Crippen LogP contribution in [0.1, 0.15) is 46.5 Å². The standard InChI is InChI=1S/C12H23BrO/c1-9(2)12(10(3)13)7-6-11-5-4-8-14-11/h9-12H,4-8H2,1-3H3. The van der Waals surface area contributed by atoms with Crippen molar-refractivity contribution in [2.24, 2.45) is 11.8 Å². The minimum Gasteiger partial charge on any atom is -0.378 e. The van der Waals surface area contributed by atoms with E-state index in [1.165, 1.54) is 25.7 Å². The van der Waals surface area contributed by atoms with Crippen LogP contribution in [0.25, 0.3) is 0 Å². The second-order valence-electron chi connectivity index (χ2n) is 4.80. The summed E-state index contributed by atoms with van der Waals surface area (Å²) in [4.78, 5) is 0.629. The van der Waals surface area contributed by atoms with Gasteiger partial charge in [0.2, 0.25) is 0 Å². The highest BCUT2D eigenvalue weighted by Crippen LogP contribution is 2.28. The van der Waals surface area contributed by atoms with E-state index in [0.717, 1.165) is 18.4 Å². The Labute approximate surface area is 96.7 Å². The molecule has 84 valence electrons. The van der Waals surface area contributed by atoms with Crippen molar-refractivity contribution < 1.29 is 4.74 Å². The Morgan fingerprint density at radius 3 is 2.50 bits per heavy atom. The SMILES string of the molecule is CC(C)C(CCC1CCCO1)C(C)Br. The topological polar surface area (TPSA) is 9.23 Å². The van der Waals surface area contributed by atoms with E-state index >= 15 is 0 Å². The van der Waals surface area contributed by atoms with Gasteiger partial charge in [-0.15, -0.1) is 0 Å². The molecule has 1 aliphatic heterocycles. The molecule has 1 fully saturated rings. The Hall–Kier alpha value is 0.440. The molecule has 1 nitrogen and oxygen atoms in total. The molecular formula is C12H23BrO. The Bertz CT molecular complexity index is 142. The first-order chi connectivity index (χ1) is 6.61. The first kappa shape index (κ1) is 12.5. The first-order valence-electron chi connectivity index (χ1n) is 5.87. The van der Waals surface area contributed by atoms with Crippen LogP contribution in [-0.2, 0) is 4.74 Å². The lowest BCUT2D eigenvalue weighted by molar-refractivity contribution is 0.0957. The maximum absolute atomic E-state index is 5.65. The van der Waals surface area contributed by atoms with Crippen LogP contribution in [0.5, 0.6) is 0 Å². The summed E-state index contributed by atoms with van der Waals surface area (Å²) >= 11 is 3.71. The van der Waals surface area contributed by atoms with Gasteiger partial charge in [0.1, 0.15) is 0 Å². The summed E-state index contributed by atoms with van der Waals surface area (Å²) in [6.45, 7) is 7.89. The van der Waals surface area contributed by atoms with Gasteiger partial charge in [0, 0.05) is 11.4 Å². The first-order valence-corrected chi connectivity index (χ1v) is 6.78. The highest BCUT2D eigenvalue weighted by atomic mass is 79.9. The number of alkyl halides is 1. The highest BCUT2D eigenvalue weighted by Gasteiger charge is 2.22. The number of ether oxygens (including phenoxy) is 1. The van der Waals surface area contributed by atoms with Gasteiger partial charge >= 0.3 is 0 Å². The molecule has 0 aromatic rings. The van der Waals surface area contributed by atoms with E-state index in [1.807, 2.05) is 0 Å². The predicted octanol–water partition coefficient (Wildman–Crippen LogP) is 4.00.